The van der Waals surface area contributed by atoms with Gasteiger partial charge in [-0.1, -0.05) is 39.3 Å². The third-order valence-corrected chi connectivity index (χ3v) is 8.03. The summed E-state index contributed by atoms with van der Waals surface area (Å²) < 4.78 is 6.04. The van der Waals surface area contributed by atoms with E-state index in [0.29, 0.717) is 12.0 Å². The summed E-state index contributed by atoms with van der Waals surface area (Å²) in [5.74, 6) is 0.0602. The Morgan fingerprint density at radius 2 is 1.93 bits per heavy atom. The molecule has 0 saturated heterocycles. The van der Waals surface area contributed by atoms with Gasteiger partial charge in [0.2, 0.25) is 0 Å². The maximum absolute atomic E-state index is 12.6. The van der Waals surface area contributed by atoms with Gasteiger partial charge in [0, 0.05) is 24.5 Å². The molecule has 0 aromatic rings. The van der Waals surface area contributed by atoms with Crippen LogP contribution in [0.5, 0.6) is 0 Å². The number of fused-ring (bicyclic) bond motifs is 1. The minimum atomic E-state index is -0.922. The molecular weight excluding hydrogens is 364 g/mol. The predicted molar refractivity (Wildman–Crippen MR) is 117 cm³/mol. The van der Waals surface area contributed by atoms with Crippen molar-refractivity contribution in [2.24, 2.45) is 28.6 Å². The van der Waals surface area contributed by atoms with E-state index < -0.39 is 5.60 Å². The molecular formula is C25H42O4. The molecule has 0 radical (unpaired) electrons. The van der Waals surface area contributed by atoms with Crippen molar-refractivity contribution in [2.45, 2.75) is 91.8 Å². The molecule has 0 bridgehead atoms. The maximum atomic E-state index is 12.6. The number of hydrogen-bond acceptors (Lipinski definition) is 4. The van der Waals surface area contributed by atoms with Crippen molar-refractivity contribution in [3.05, 3.63) is 24.3 Å². The lowest BCUT2D eigenvalue weighted by Gasteiger charge is -2.63. The van der Waals surface area contributed by atoms with Gasteiger partial charge < -0.3 is 14.9 Å². The molecule has 0 aromatic heterocycles. The highest BCUT2D eigenvalue weighted by Crippen LogP contribution is 2.63. The molecule has 4 nitrogen and oxygen atoms in total. The Morgan fingerprint density at radius 3 is 2.48 bits per heavy atom. The molecule has 6 atom stereocenters. The summed E-state index contributed by atoms with van der Waals surface area (Å²) >= 11 is 0. The van der Waals surface area contributed by atoms with Crippen molar-refractivity contribution < 1.29 is 19.7 Å². The summed E-state index contributed by atoms with van der Waals surface area (Å²) in [6.45, 7) is 16.3. The standard InChI is InChI=1S/C25H42O4/c1-8-17(3)22(27)29-19-15-25(7,28)20(12-11-18(9-2)16-26)24(6)14-10-13-23(4,5)21(19)24/h8-9,18-21,26,28H,2,10-16H2,1,3-7H3/b17-8-/t18-,19-,20+,21+,24+,25+/m0/s1. The van der Waals surface area contributed by atoms with Crippen LogP contribution in [0.1, 0.15) is 80.1 Å². The quantitative estimate of drug-likeness (QED) is 0.353. The van der Waals surface area contributed by atoms with E-state index in [1.807, 2.05) is 19.9 Å². The molecule has 4 heteroatoms. The van der Waals surface area contributed by atoms with E-state index in [2.05, 4.69) is 27.4 Å². The monoisotopic (exact) mass is 406 g/mol. The number of allylic oxidation sites excluding steroid dienone is 1. The van der Waals surface area contributed by atoms with Gasteiger partial charge in [0.1, 0.15) is 6.10 Å². The summed E-state index contributed by atoms with van der Waals surface area (Å²) in [4.78, 5) is 12.6. The fourth-order valence-electron chi connectivity index (χ4n) is 6.59. The topological polar surface area (TPSA) is 66.8 Å². The van der Waals surface area contributed by atoms with Crippen LogP contribution in [0.4, 0.5) is 0 Å². The van der Waals surface area contributed by atoms with Crippen LogP contribution in [-0.4, -0.2) is 34.5 Å². The van der Waals surface area contributed by atoms with Crippen LogP contribution in [0.3, 0.4) is 0 Å². The Hall–Kier alpha value is -1.13. The first-order valence-electron chi connectivity index (χ1n) is 11.2. The number of ether oxygens (including phenoxy) is 1. The van der Waals surface area contributed by atoms with Crippen LogP contribution in [-0.2, 0) is 9.53 Å². The van der Waals surface area contributed by atoms with Gasteiger partial charge >= 0.3 is 5.97 Å². The molecule has 0 spiro atoms. The fraction of sp³-hybridized carbons (Fsp3) is 0.800. The lowest BCUT2D eigenvalue weighted by molar-refractivity contribution is -0.224. The average molecular weight is 407 g/mol. The lowest BCUT2D eigenvalue weighted by atomic mass is 9.44. The van der Waals surface area contributed by atoms with Crippen molar-refractivity contribution in [2.75, 3.05) is 6.61 Å². The van der Waals surface area contributed by atoms with Crippen LogP contribution in [0.25, 0.3) is 0 Å². The highest BCUT2D eigenvalue weighted by molar-refractivity contribution is 5.87. The van der Waals surface area contributed by atoms with E-state index in [-0.39, 0.29) is 47.3 Å². The molecule has 2 rings (SSSR count). The summed E-state index contributed by atoms with van der Waals surface area (Å²) in [6.07, 6.45) is 8.65. The van der Waals surface area contributed by atoms with Gasteiger partial charge in [-0.3, -0.25) is 0 Å². The van der Waals surface area contributed by atoms with Crippen LogP contribution < -0.4 is 0 Å². The summed E-state index contributed by atoms with van der Waals surface area (Å²) in [5.41, 5.74) is -0.404. The van der Waals surface area contributed by atoms with Gasteiger partial charge in [0.05, 0.1) is 5.60 Å². The molecule has 166 valence electrons. The largest absolute Gasteiger partial charge is 0.459 e. The molecule has 0 amide bonds. The van der Waals surface area contributed by atoms with Crippen molar-refractivity contribution >= 4 is 5.97 Å². The Kier molecular flexibility index (Phi) is 7.44. The normalized spacial score (nSPS) is 38.1. The Labute approximate surface area is 177 Å². The number of carbonyl (C=O) groups is 1. The molecule has 0 aliphatic heterocycles. The molecule has 0 heterocycles. The number of hydrogen-bond donors (Lipinski definition) is 2. The average Bonchev–Trinajstić information content (AvgIpc) is 2.62. The molecule has 2 saturated carbocycles. The van der Waals surface area contributed by atoms with E-state index in [0.717, 1.165) is 32.1 Å². The third kappa shape index (κ3) is 4.80. The van der Waals surface area contributed by atoms with Crippen molar-refractivity contribution in [1.29, 1.82) is 0 Å². The number of carbonyl (C=O) groups excluding carboxylic acids is 1. The SMILES string of the molecule is C=C[C@H](CO)CC[C@@H]1[C@@]2(C)CCCC(C)(C)[C@H]2[C@@H](OC(=O)/C(C)=C\C)C[C@@]1(C)O. The summed E-state index contributed by atoms with van der Waals surface area (Å²) in [5, 5.41) is 21.1. The summed E-state index contributed by atoms with van der Waals surface area (Å²) in [6, 6.07) is 0. The number of rotatable bonds is 7. The molecule has 2 fully saturated rings. The Balaban J connectivity index is 2.41. The fourth-order valence-corrected chi connectivity index (χ4v) is 6.59. The zero-order valence-corrected chi connectivity index (χ0v) is 19.3. The second-order valence-corrected chi connectivity index (χ2v) is 10.6. The highest BCUT2D eigenvalue weighted by atomic mass is 16.5. The first kappa shape index (κ1) is 24.1. The first-order chi connectivity index (χ1) is 13.4. The smallest absolute Gasteiger partial charge is 0.333 e. The lowest BCUT2D eigenvalue weighted by Crippen LogP contribution is -2.63. The van der Waals surface area contributed by atoms with Crippen LogP contribution in [0.2, 0.25) is 0 Å². The second kappa shape index (κ2) is 8.93. The minimum Gasteiger partial charge on any atom is -0.459 e. The highest BCUT2D eigenvalue weighted by Gasteiger charge is 2.62. The second-order valence-electron chi connectivity index (χ2n) is 10.6. The zero-order chi connectivity index (χ0) is 22.0. The zero-order valence-electron chi connectivity index (χ0n) is 19.3. The maximum Gasteiger partial charge on any atom is 0.333 e. The van der Waals surface area contributed by atoms with Crippen molar-refractivity contribution in [3.8, 4) is 0 Å². The molecule has 0 aromatic carbocycles. The predicted octanol–water partition coefficient (Wildman–Crippen LogP) is 5.04. The van der Waals surface area contributed by atoms with E-state index >= 15 is 0 Å². The van der Waals surface area contributed by atoms with E-state index in [1.54, 1.807) is 13.0 Å². The van der Waals surface area contributed by atoms with Crippen LogP contribution in [0, 0.1) is 28.6 Å². The Bertz CT molecular complexity index is 633. The number of esters is 1. The van der Waals surface area contributed by atoms with Crippen molar-refractivity contribution in [3.63, 3.8) is 0 Å². The van der Waals surface area contributed by atoms with Gasteiger partial charge in [-0.25, -0.2) is 4.79 Å². The Morgan fingerprint density at radius 1 is 1.28 bits per heavy atom. The van der Waals surface area contributed by atoms with E-state index in [9.17, 15) is 15.0 Å². The molecule has 2 N–H and O–H groups in total. The molecule has 0 unspecified atom stereocenters. The number of aliphatic hydroxyl groups is 2. The van der Waals surface area contributed by atoms with Crippen molar-refractivity contribution in [1.82, 2.24) is 0 Å². The van der Waals surface area contributed by atoms with Crippen LogP contribution in [0.15, 0.2) is 24.3 Å². The molecule has 2 aliphatic carbocycles. The van der Waals surface area contributed by atoms with Gasteiger partial charge in [-0.05, 0) is 69.1 Å². The minimum absolute atomic E-state index is 0.0331. The van der Waals surface area contributed by atoms with Gasteiger partial charge in [-0.2, -0.15) is 0 Å². The van der Waals surface area contributed by atoms with E-state index in [1.165, 1.54) is 0 Å². The third-order valence-electron chi connectivity index (χ3n) is 8.03. The molecule has 29 heavy (non-hydrogen) atoms. The van der Waals surface area contributed by atoms with Gasteiger partial charge in [0.25, 0.3) is 0 Å². The van der Waals surface area contributed by atoms with E-state index in [4.69, 9.17) is 4.74 Å². The summed E-state index contributed by atoms with van der Waals surface area (Å²) in [7, 11) is 0. The van der Waals surface area contributed by atoms with Gasteiger partial charge in [-0.15, -0.1) is 6.58 Å². The first-order valence-corrected chi connectivity index (χ1v) is 11.2. The van der Waals surface area contributed by atoms with Gasteiger partial charge in [0.15, 0.2) is 0 Å². The number of aliphatic hydroxyl groups excluding tert-OH is 1. The van der Waals surface area contributed by atoms with Crippen LogP contribution >= 0.6 is 0 Å². The molecule has 2 aliphatic rings.